The van der Waals surface area contributed by atoms with Crippen LogP contribution in [-0.4, -0.2) is 75.5 Å². The Labute approximate surface area is 189 Å². The highest BCUT2D eigenvalue weighted by molar-refractivity contribution is 5.94. The third-order valence-corrected chi connectivity index (χ3v) is 6.47. The van der Waals surface area contributed by atoms with Gasteiger partial charge in [0.25, 0.3) is 5.91 Å². The summed E-state index contributed by atoms with van der Waals surface area (Å²) < 4.78 is 17.2. The zero-order chi connectivity index (χ0) is 21.8. The molecule has 7 nitrogen and oxygen atoms in total. The van der Waals surface area contributed by atoms with Gasteiger partial charge in [0.2, 0.25) is 0 Å². The van der Waals surface area contributed by atoms with E-state index in [2.05, 4.69) is 22.3 Å². The average molecular weight is 438 g/mol. The van der Waals surface area contributed by atoms with Crippen LogP contribution in [-0.2, 0) is 4.74 Å². The molecule has 5 rings (SSSR count). The van der Waals surface area contributed by atoms with Gasteiger partial charge in [-0.1, -0.05) is 12.1 Å². The number of hydrogen-bond acceptors (Lipinski definition) is 6. The van der Waals surface area contributed by atoms with Gasteiger partial charge in [-0.05, 0) is 49.2 Å². The number of hydrogen-bond donors (Lipinski definition) is 1. The molecular formula is C25H31N3O4. The quantitative estimate of drug-likeness (QED) is 0.776. The van der Waals surface area contributed by atoms with Gasteiger partial charge in [0.05, 0.1) is 13.2 Å². The van der Waals surface area contributed by atoms with E-state index in [1.54, 1.807) is 0 Å². The topological polar surface area (TPSA) is 63.3 Å². The van der Waals surface area contributed by atoms with Gasteiger partial charge in [0.15, 0.2) is 11.5 Å². The molecule has 0 unspecified atom stereocenters. The van der Waals surface area contributed by atoms with E-state index in [0.29, 0.717) is 39.0 Å². The molecule has 170 valence electrons. The number of fused-ring (bicyclic) bond motifs is 1. The van der Waals surface area contributed by atoms with E-state index >= 15 is 0 Å². The van der Waals surface area contributed by atoms with Crippen LogP contribution in [0.25, 0.3) is 0 Å². The number of carbonyl (C=O) groups excluding carboxylic acids is 1. The molecule has 1 atom stereocenters. The van der Waals surface area contributed by atoms with Crippen LogP contribution in [0.4, 0.5) is 5.69 Å². The number of morpholine rings is 1. The van der Waals surface area contributed by atoms with Crippen LogP contribution >= 0.6 is 0 Å². The van der Waals surface area contributed by atoms with Crippen molar-refractivity contribution in [3.05, 3.63) is 54.1 Å². The number of rotatable bonds is 5. The summed E-state index contributed by atoms with van der Waals surface area (Å²) in [6.45, 7) is 5.96. The van der Waals surface area contributed by atoms with E-state index in [1.165, 1.54) is 5.69 Å². The van der Waals surface area contributed by atoms with Gasteiger partial charge in [-0.2, -0.15) is 0 Å². The molecule has 1 N–H and O–H groups in total. The van der Waals surface area contributed by atoms with E-state index < -0.39 is 0 Å². The maximum atomic E-state index is 12.6. The first kappa shape index (κ1) is 21.1. The Morgan fingerprint density at radius 3 is 2.41 bits per heavy atom. The molecule has 0 bridgehead atoms. The Hall–Kier alpha value is -2.77. The predicted molar refractivity (Wildman–Crippen MR) is 123 cm³/mol. The van der Waals surface area contributed by atoms with Crippen molar-refractivity contribution in [1.82, 2.24) is 10.2 Å². The Balaban J connectivity index is 1.08. The van der Waals surface area contributed by atoms with Crippen LogP contribution in [0.5, 0.6) is 11.5 Å². The highest BCUT2D eigenvalue weighted by Crippen LogP contribution is 2.30. The van der Waals surface area contributed by atoms with Crippen molar-refractivity contribution in [2.24, 2.45) is 0 Å². The van der Waals surface area contributed by atoms with Gasteiger partial charge in [0.1, 0.15) is 12.7 Å². The lowest BCUT2D eigenvalue weighted by Crippen LogP contribution is -2.47. The largest absolute Gasteiger partial charge is 0.486 e. The first-order valence-electron chi connectivity index (χ1n) is 11.6. The van der Waals surface area contributed by atoms with Crippen LogP contribution in [0.1, 0.15) is 23.2 Å². The number of amides is 1. The molecule has 0 radical (unpaired) electrons. The maximum Gasteiger partial charge on any atom is 0.254 e. The van der Waals surface area contributed by atoms with E-state index in [-0.39, 0.29) is 12.0 Å². The summed E-state index contributed by atoms with van der Waals surface area (Å²) in [5.41, 5.74) is 1.94. The van der Waals surface area contributed by atoms with Crippen molar-refractivity contribution < 1.29 is 19.0 Å². The molecule has 0 saturated carbocycles. The SMILES string of the molecule is O=C(c1ccc(N2CCC(NC[C@H]3COc4ccccc4O3)CC2)cc1)N1CCOCC1. The van der Waals surface area contributed by atoms with Gasteiger partial charge in [-0.25, -0.2) is 0 Å². The third kappa shape index (κ3) is 4.84. The number of anilines is 1. The fourth-order valence-electron chi connectivity index (χ4n) is 4.57. The minimum Gasteiger partial charge on any atom is -0.486 e. The Morgan fingerprint density at radius 1 is 0.938 bits per heavy atom. The van der Waals surface area contributed by atoms with Gasteiger partial charge >= 0.3 is 0 Å². The van der Waals surface area contributed by atoms with Crippen LogP contribution in [0.3, 0.4) is 0 Å². The second kappa shape index (κ2) is 9.79. The highest BCUT2D eigenvalue weighted by Gasteiger charge is 2.24. The molecule has 3 aliphatic heterocycles. The number of piperidine rings is 1. The molecule has 2 aromatic rings. The molecule has 2 aromatic carbocycles. The Bertz CT molecular complexity index is 906. The zero-order valence-corrected chi connectivity index (χ0v) is 18.4. The summed E-state index contributed by atoms with van der Waals surface area (Å²) in [7, 11) is 0. The molecule has 3 aliphatic rings. The van der Waals surface area contributed by atoms with Crippen LogP contribution in [0.15, 0.2) is 48.5 Å². The minimum atomic E-state index is 0.0412. The summed E-state index contributed by atoms with van der Waals surface area (Å²) in [6, 6.07) is 16.4. The molecule has 1 amide bonds. The van der Waals surface area contributed by atoms with Crippen molar-refractivity contribution in [2.45, 2.75) is 25.0 Å². The number of ether oxygens (including phenoxy) is 3. The third-order valence-electron chi connectivity index (χ3n) is 6.47. The second-order valence-electron chi connectivity index (χ2n) is 8.62. The van der Waals surface area contributed by atoms with Crippen LogP contribution < -0.4 is 19.7 Å². The number of carbonyl (C=O) groups is 1. The lowest BCUT2D eigenvalue weighted by Gasteiger charge is -2.35. The van der Waals surface area contributed by atoms with Crippen LogP contribution in [0.2, 0.25) is 0 Å². The first-order chi connectivity index (χ1) is 15.8. The summed E-state index contributed by atoms with van der Waals surface area (Å²) >= 11 is 0. The van der Waals surface area contributed by atoms with Crippen molar-refractivity contribution >= 4 is 11.6 Å². The molecule has 32 heavy (non-hydrogen) atoms. The van der Waals surface area contributed by atoms with E-state index in [1.807, 2.05) is 41.3 Å². The Kier molecular flexibility index (Phi) is 6.46. The first-order valence-corrected chi connectivity index (χ1v) is 11.6. The normalized spacial score (nSPS) is 21.4. The van der Waals surface area contributed by atoms with Crippen molar-refractivity contribution in [1.29, 1.82) is 0 Å². The van der Waals surface area contributed by atoms with E-state index in [4.69, 9.17) is 14.2 Å². The smallest absolute Gasteiger partial charge is 0.254 e. The molecule has 3 heterocycles. The molecule has 0 aromatic heterocycles. The fraction of sp³-hybridized carbons (Fsp3) is 0.480. The maximum absolute atomic E-state index is 12.6. The van der Waals surface area contributed by atoms with E-state index in [0.717, 1.165) is 49.5 Å². The standard InChI is InChI=1S/C25H31N3O4/c29-25(28-13-15-30-16-14-28)19-5-7-21(8-6-19)27-11-9-20(10-12-27)26-17-22-18-31-23-3-1-2-4-24(23)32-22/h1-8,20,22,26H,9-18H2/t22-/m0/s1. The van der Waals surface area contributed by atoms with Crippen LogP contribution in [0, 0.1) is 0 Å². The predicted octanol–water partition coefficient (Wildman–Crippen LogP) is 2.56. The minimum absolute atomic E-state index is 0.0412. The number of nitrogens with zero attached hydrogens (tertiary/aromatic N) is 2. The molecule has 7 heteroatoms. The summed E-state index contributed by atoms with van der Waals surface area (Å²) in [6.07, 6.45) is 2.21. The van der Waals surface area contributed by atoms with E-state index in [9.17, 15) is 4.79 Å². The van der Waals surface area contributed by atoms with Gasteiger partial charge in [-0.15, -0.1) is 0 Å². The second-order valence-corrected chi connectivity index (χ2v) is 8.62. The van der Waals surface area contributed by atoms with Crippen molar-refractivity contribution in [2.75, 3.05) is 57.4 Å². The monoisotopic (exact) mass is 437 g/mol. The number of nitrogens with one attached hydrogen (secondary N) is 1. The molecule has 2 fully saturated rings. The number of para-hydroxylation sites is 2. The molecule has 2 saturated heterocycles. The molecule has 0 spiro atoms. The lowest BCUT2D eigenvalue weighted by molar-refractivity contribution is 0.0303. The van der Waals surface area contributed by atoms with Crippen molar-refractivity contribution in [3.63, 3.8) is 0 Å². The van der Waals surface area contributed by atoms with Gasteiger partial charge in [0, 0.05) is 50.0 Å². The van der Waals surface area contributed by atoms with Crippen molar-refractivity contribution in [3.8, 4) is 11.5 Å². The highest BCUT2D eigenvalue weighted by atomic mass is 16.6. The average Bonchev–Trinajstić information content (AvgIpc) is 2.88. The Morgan fingerprint density at radius 2 is 1.66 bits per heavy atom. The number of benzene rings is 2. The summed E-state index contributed by atoms with van der Waals surface area (Å²) in [5.74, 6) is 1.75. The summed E-state index contributed by atoms with van der Waals surface area (Å²) in [5, 5.41) is 3.66. The zero-order valence-electron chi connectivity index (χ0n) is 18.4. The van der Waals surface area contributed by atoms with Gasteiger partial charge < -0.3 is 29.3 Å². The fourth-order valence-corrected chi connectivity index (χ4v) is 4.57. The summed E-state index contributed by atoms with van der Waals surface area (Å²) in [4.78, 5) is 16.9. The molecular weight excluding hydrogens is 406 g/mol. The molecule has 0 aliphatic carbocycles. The van der Waals surface area contributed by atoms with Gasteiger partial charge in [-0.3, -0.25) is 4.79 Å². The lowest BCUT2D eigenvalue weighted by atomic mass is 10.0.